The lowest BCUT2D eigenvalue weighted by Crippen LogP contribution is -2.59. The lowest BCUT2D eigenvalue weighted by atomic mass is 9.74. The van der Waals surface area contributed by atoms with Crippen LogP contribution in [-0.2, 0) is 45.9 Å². The van der Waals surface area contributed by atoms with E-state index in [0.717, 1.165) is 15.6 Å². The maximum Gasteiger partial charge on any atom is 0.323 e. The Hall–Kier alpha value is -3.00. The first-order chi connectivity index (χ1) is 21.0. The first kappa shape index (κ1) is 34.9. The Labute approximate surface area is 274 Å². The number of carbonyl (C=O) groups is 3. The average Bonchev–Trinajstić information content (AvgIpc) is 3.29. The minimum atomic E-state index is -3.50. The van der Waals surface area contributed by atoms with Gasteiger partial charge in [-0.15, -0.1) is 0 Å². The molecule has 1 spiro atoms. The van der Waals surface area contributed by atoms with E-state index in [1.54, 1.807) is 25.7 Å². The maximum absolute atomic E-state index is 14.0. The van der Waals surface area contributed by atoms with Crippen molar-refractivity contribution >= 4 is 49.4 Å². The summed E-state index contributed by atoms with van der Waals surface area (Å²) in [5.41, 5.74) is 5.37. The zero-order valence-corrected chi connectivity index (χ0v) is 28.9. The summed E-state index contributed by atoms with van der Waals surface area (Å²) >= 11 is 3.52. The van der Waals surface area contributed by atoms with Crippen molar-refractivity contribution in [2.75, 3.05) is 43.3 Å². The van der Waals surface area contributed by atoms with Crippen molar-refractivity contribution in [2.45, 2.75) is 64.2 Å². The summed E-state index contributed by atoms with van der Waals surface area (Å²) in [6.07, 6.45) is 2.25. The molecule has 0 aromatic heterocycles. The zero-order chi connectivity index (χ0) is 33.2. The van der Waals surface area contributed by atoms with E-state index in [1.165, 1.54) is 17.5 Å². The Morgan fingerprint density at radius 2 is 1.71 bits per heavy atom. The predicted octanol–water partition coefficient (Wildman–Crippen LogP) is 3.10. The molecule has 4 rings (SSSR count). The van der Waals surface area contributed by atoms with Crippen molar-refractivity contribution in [2.24, 2.45) is 11.1 Å². The molecule has 11 nitrogen and oxygen atoms in total. The van der Waals surface area contributed by atoms with E-state index >= 15 is 0 Å². The number of hydrogen-bond acceptors (Lipinski definition) is 8. The van der Waals surface area contributed by atoms with Gasteiger partial charge in [0.15, 0.2) is 5.41 Å². The molecule has 2 aliphatic heterocycles. The largest absolute Gasteiger partial charge is 0.459 e. The van der Waals surface area contributed by atoms with Crippen LogP contribution in [0.5, 0.6) is 0 Å². The van der Waals surface area contributed by atoms with Crippen molar-refractivity contribution < 1.29 is 32.3 Å². The molecule has 2 aromatic rings. The topological polar surface area (TPSA) is 148 Å². The van der Waals surface area contributed by atoms with Crippen LogP contribution in [0.1, 0.15) is 51.7 Å². The van der Waals surface area contributed by atoms with Gasteiger partial charge in [-0.05, 0) is 69.9 Å². The zero-order valence-electron chi connectivity index (χ0n) is 26.5. The minimum absolute atomic E-state index is 0.131. The molecular formula is C32H43BrN4O7S. The fourth-order valence-corrected chi connectivity index (χ4v) is 7.07. The molecule has 2 heterocycles. The predicted molar refractivity (Wildman–Crippen MR) is 175 cm³/mol. The van der Waals surface area contributed by atoms with Crippen LogP contribution in [0.25, 0.3) is 0 Å². The Balaban J connectivity index is 1.53. The molecule has 1 saturated heterocycles. The van der Waals surface area contributed by atoms with Crippen LogP contribution in [0.3, 0.4) is 0 Å². The highest BCUT2D eigenvalue weighted by Gasteiger charge is 2.49. The van der Waals surface area contributed by atoms with Crippen LogP contribution in [-0.4, -0.2) is 81.8 Å². The normalized spacial score (nSPS) is 18.2. The summed E-state index contributed by atoms with van der Waals surface area (Å²) in [6, 6.07) is 13.9. The smallest absolute Gasteiger partial charge is 0.323 e. The van der Waals surface area contributed by atoms with Gasteiger partial charge in [0.25, 0.3) is 0 Å². The molecule has 0 saturated carbocycles. The van der Waals surface area contributed by atoms with Gasteiger partial charge in [-0.3, -0.25) is 18.7 Å². The third-order valence-electron chi connectivity index (χ3n) is 8.44. The van der Waals surface area contributed by atoms with Crippen molar-refractivity contribution in [1.29, 1.82) is 0 Å². The van der Waals surface area contributed by atoms with Gasteiger partial charge in [-0.2, -0.15) is 0 Å². The van der Waals surface area contributed by atoms with E-state index in [9.17, 15) is 22.8 Å². The molecule has 0 radical (unpaired) electrons. The molecule has 3 N–H and O–H groups in total. The molecule has 246 valence electrons. The molecule has 1 fully saturated rings. The van der Waals surface area contributed by atoms with Crippen molar-refractivity contribution in [3.8, 4) is 0 Å². The summed E-state index contributed by atoms with van der Waals surface area (Å²) in [7, 11) is -3.50. The Morgan fingerprint density at radius 1 is 1.07 bits per heavy atom. The second-order valence-electron chi connectivity index (χ2n) is 13.1. The van der Waals surface area contributed by atoms with Crippen LogP contribution >= 0.6 is 15.9 Å². The number of piperidine rings is 1. The highest BCUT2D eigenvalue weighted by Crippen LogP contribution is 2.48. The number of anilines is 1. The number of ether oxygens (including phenoxy) is 2. The van der Waals surface area contributed by atoms with E-state index < -0.39 is 44.4 Å². The van der Waals surface area contributed by atoms with Gasteiger partial charge in [0.1, 0.15) is 11.6 Å². The molecule has 1 unspecified atom stereocenters. The van der Waals surface area contributed by atoms with Gasteiger partial charge in [0.2, 0.25) is 21.8 Å². The van der Waals surface area contributed by atoms with Gasteiger partial charge in [-0.1, -0.05) is 46.3 Å². The molecule has 0 bridgehead atoms. The molecule has 0 aliphatic carbocycles. The quantitative estimate of drug-likeness (QED) is 0.283. The second kappa shape index (κ2) is 13.4. The number of carbonyl (C=O) groups excluding carboxylic acids is 3. The first-order valence-corrected chi connectivity index (χ1v) is 17.6. The summed E-state index contributed by atoms with van der Waals surface area (Å²) in [5, 5.41) is 2.74. The van der Waals surface area contributed by atoms with E-state index in [4.69, 9.17) is 15.2 Å². The molecule has 2 aliphatic rings. The third kappa shape index (κ3) is 7.87. The summed E-state index contributed by atoms with van der Waals surface area (Å²) < 4.78 is 39.0. The van der Waals surface area contributed by atoms with Gasteiger partial charge >= 0.3 is 5.97 Å². The SMILES string of the molecule is CC(C)(C)OC(=O)C(C)(CN)C(=O)N[C@H](COCc1ccccc1)C(=O)N1CCC2(CC1)CN(S(C)(=O)=O)c1ccc(Br)cc12. The highest BCUT2D eigenvalue weighted by molar-refractivity contribution is 9.10. The monoisotopic (exact) mass is 706 g/mol. The summed E-state index contributed by atoms with van der Waals surface area (Å²) in [4.78, 5) is 42.3. The molecular weight excluding hydrogens is 664 g/mol. The van der Waals surface area contributed by atoms with Crippen LogP contribution in [0.2, 0.25) is 0 Å². The fourth-order valence-electron chi connectivity index (χ4n) is 5.72. The van der Waals surface area contributed by atoms with Gasteiger partial charge < -0.3 is 25.4 Å². The van der Waals surface area contributed by atoms with Gasteiger partial charge in [0, 0.05) is 36.1 Å². The minimum Gasteiger partial charge on any atom is -0.459 e. The van der Waals surface area contributed by atoms with Crippen LogP contribution < -0.4 is 15.4 Å². The van der Waals surface area contributed by atoms with E-state index in [2.05, 4.69) is 21.2 Å². The number of amides is 2. The number of nitrogens with zero attached hydrogens (tertiary/aromatic N) is 2. The number of nitrogens with one attached hydrogen (secondary N) is 1. The third-order valence-corrected chi connectivity index (χ3v) is 10.1. The second-order valence-corrected chi connectivity index (χ2v) is 15.9. The van der Waals surface area contributed by atoms with Crippen LogP contribution in [0, 0.1) is 5.41 Å². The number of esters is 1. The van der Waals surface area contributed by atoms with Crippen molar-refractivity contribution in [3.05, 3.63) is 64.1 Å². The van der Waals surface area contributed by atoms with E-state index in [-0.39, 0.29) is 25.7 Å². The average molecular weight is 708 g/mol. The Bertz CT molecular complexity index is 1520. The van der Waals surface area contributed by atoms with Crippen LogP contribution in [0.4, 0.5) is 5.69 Å². The standard InChI is InChI=1S/C32H43BrN4O7S/c1-30(2,3)44-29(40)31(4,20-34)28(39)35-25(19-43-18-22-9-7-6-8-10-22)27(38)36-15-13-32(14-16-36)21-37(45(5,41)42)26-12-11-23(33)17-24(26)32/h6-12,17,25H,13-16,18-21,34H2,1-5H3,(H,35,39)/t25-,31?/m1/s1. The van der Waals surface area contributed by atoms with Crippen LogP contribution in [0.15, 0.2) is 53.0 Å². The summed E-state index contributed by atoms with van der Waals surface area (Å²) in [6.45, 7) is 7.24. The van der Waals surface area contributed by atoms with Crippen molar-refractivity contribution in [1.82, 2.24) is 10.2 Å². The highest BCUT2D eigenvalue weighted by atomic mass is 79.9. The number of sulfonamides is 1. The number of likely N-dealkylation sites (tertiary alicyclic amines) is 1. The number of rotatable bonds is 10. The fraction of sp³-hybridized carbons (Fsp3) is 0.531. The van der Waals surface area contributed by atoms with E-state index in [0.29, 0.717) is 38.2 Å². The Morgan fingerprint density at radius 3 is 2.29 bits per heavy atom. The van der Waals surface area contributed by atoms with Crippen molar-refractivity contribution in [3.63, 3.8) is 0 Å². The number of fused-ring (bicyclic) bond motifs is 2. The number of hydrogen-bond donors (Lipinski definition) is 2. The molecule has 2 aromatic carbocycles. The summed E-state index contributed by atoms with van der Waals surface area (Å²) in [5.74, 6) is -1.87. The molecule has 2 atom stereocenters. The Kier molecular flexibility index (Phi) is 10.4. The molecule has 13 heteroatoms. The number of halogens is 1. The molecule has 2 amide bonds. The number of nitrogens with two attached hydrogens (primary N) is 1. The van der Waals surface area contributed by atoms with Gasteiger partial charge in [-0.25, -0.2) is 8.42 Å². The van der Waals surface area contributed by atoms with E-state index in [1.807, 2.05) is 48.5 Å². The molecule has 45 heavy (non-hydrogen) atoms. The number of benzene rings is 2. The lowest BCUT2D eigenvalue weighted by molar-refractivity contribution is -0.170. The lowest BCUT2D eigenvalue weighted by Gasteiger charge is -2.41. The maximum atomic E-state index is 14.0. The first-order valence-electron chi connectivity index (χ1n) is 14.9. The van der Waals surface area contributed by atoms with Gasteiger partial charge in [0.05, 0.1) is 25.2 Å².